The average Bonchev–Trinajstić information content (AvgIpc) is 2.61. The van der Waals surface area contributed by atoms with Crippen LogP contribution >= 0.6 is 0 Å². The number of alkyl halides is 3. The fourth-order valence-electron chi connectivity index (χ4n) is 2.08. The molecule has 0 unspecified atom stereocenters. The molecule has 2 rings (SSSR count). The minimum Gasteiger partial charge on any atom is -0.366 e. The first-order chi connectivity index (χ1) is 13.4. The molecule has 0 aliphatic carbocycles. The molecule has 1 aromatic heterocycles. The summed E-state index contributed by atoms with van der Waals surface area (Å²) in [4.78, 5) is 26.7. The fourth-order valence-corrected chi connectivity index (χ4v) is 2.75. The van der Waals surface area contributed by atoms with Gasteiger partial charge in [-0.2, -0.15) is 13.2 Å². The van der Waals surface area contributed by atoms with E-state index in [9.17, 15) is 31.2 Å². The van der Waals surface area contributed by atoms with Gasteiger partial charge in [0.25, 0.3) is 5.91 Å². The number of primary amides is 1. The van der Waals surface area contributed by atoms with Crippen molar-refractivity contribution in [1.29, 1.82) is 0 Å². The number of sulfone groups is 1. The Kier molecular flexibility index (Phi) is 6.27. The third kappa shape index (κ3) is 6.31. The Morgan fingerprint density at radius 1 is 1.14 bits per heavy atom. The maximum atomic E-state index is 12.9. The summed E-state index contributed by atoms with van der Waals surface area (Å²) in [5.41, 5.74) is 3.34. The Labute approximate surface area is 163 Å². The number of amides is 2. The van der Waals surface area contributed by atoms with Crippen molar-refractivity contribution in [3.63, 3.8) is 0 Å². The molecule has 1 aromatic carbocycles. The van der Waals surface area contributed by atoms with Gasteiger partial charge in [0.2, 0.25) is 5.91 Å². The first kappa shape index (κ1) is 21.9. The van der Waals surface area contributed by atoms with Crippen molar-refractivity contribution in [2.24, 2.45) is 5.73 Å². The molecule has 0 saturated heterocycles. The van der Waals surface area contributed by atoms with Crippen molar-refractivity contribution in [2.75, 3.05) is 16.9 Å². The Morgan fingerprint density at radius 2 is 1.83 bits per heavy atom. The van der Waals surface area contributed by atoms with Crippen LogP contribution in [0.1, 0.15) is 10.4 Å². The summed E-state index contributed by atoms with van der Waals surface area (Å²) in [6, 6.07) is 7.72. The van der Waals surface area contributed by atoms with E-state index in [-0.39, 0.29) is 28.0 Å². The van der Waals surface area contributed by atoms with Crippen LogP contribution in [0, 0.1) is 0 Å². The highest BCUT2D eigenvalue weighted by Crippen LogP contribution is 2.27. The van der Waals surface area contributed by atoms with Crippen LogP contribution in [0.4, 0.5) is 24.7 Å². The number of nitrogens with two attached hydrogens (primary N) is 1. The number of anilines is 2. The van der Waals surface area contributed by atoms with Crippen LogP contribution in [0.15, 0.2) is 59.3 Å². The minimum atomic E-state index is -4.84. The first-order valence-electron chi connectivity index (χ1n) is 7.79. The van der Waals surface area contributed by atoms with Crippen LogP contribution in [-0.2, 0) is 14.6 Å². The highest BCUT2D eigenvalue weighted by Gasteiger charge is 2.34. The van der Waals surface area contributed by atoms with Crippen LogP contribution < -0.4 is 16.4 Å². The van der Waals surface area contributed by atoms with E-state index < -0.39 is 33.5 Å². The van der Waals surface area contributed by atoms with Crippen LogP contribution in [-0.4, -0.2) is 37.6 Å². The van der Waals surface area contributed by atoms with Crippen molar-refractivity contribution >= 4 is 33.2 Å². The molecule has 2 amide bonds. The molecule has 1 heterocycles. The maximum Gasteiger partial charge on any atom is 0.431 e. The first-order valence-corrected chi connectivity index (χ1v) is 9.68. The predicted octanol–water partition coefficient (Wildman–Crippen LogP) is 2.08. The zero-order valence-corrected chi connectivity index (χ0v) is 15.6. The Morgan fingerprint density at radius 3 is 2.34 bits per heavy atom. The Hall–Kier alpha value is -3.41. The standard InChI is InChI=1S/C17H15F3N4O4S/c1-29(27,28)12-4-2-3-10(7-12)16(26)24-15-6-5-11(9-22-15)23-13(8-14(21)25)17(18,19)20/h2-9,23H,1H3,(H2,21,25)(H,22,24,26)/b13-8-. The van der Waals surface area contributed by atoms with Gasteiger partial charge in [0, 0.05) is 17.9 Å². The lowest BCUT2D eigenvalue weighted by molar-refractivity contribution is -0.115. The number of rotatable bonds is 6. The molecule has 29 heavy (non-hydrogen) atoms. The average molecular weight is 428 g/mol. The molecule has 0 bridgehead atoms. The van der Waals surface area contributed by atoms with Gasteiger partial charge in [0.1, 0.15) is 11.5 Å². The summed E-state index contributed by atoms with van der Waals surface area (Å²) in [5.74, 6) is -1.93. The molecule has 154 valence electrons. The van der Waals surface area contributed by atoms with Crippen LogP contribution in [0.3, 0.4) is 0 Å². The van der Waals surface area contributed by atoms with Crippen LogP contribution in [0.25, 0.3) is 0 Å². The van der Waals surface area contributed by atoms with Gasteiger partial charge in [0.15, 0.2) is 9.84 Å². The summed E-state index contributed by atoms with van der Waals surface area (Å²) >= 11 is 0. The largest absolute Gasteiger partial charge is 0.431 e. The molecule has 2 aromatic rings. The minimum absolute atomic E-state index is 0.0118. The zero-order valence-electron chi connectivity index (χ0n) is 14.8. The van der Waals surface area contributed by atoms with Crippen LogP contribution in [0.5, 0.6) is 0 Å². The van der Waals surface area contributed by atoms with E-state index in [1.165, 1.54) is 36.4 Å². The number of carbonyl (C=O) groups excluding carboxylic acids is 2. The molecular weight excluding hydrogens is 413 g/mol. The highest BCUT2D eigenvalue weighted by atomic mass is 32.2. The number of pyridine rings is 1. The van der Waals surface area contributed by atoms with Gasteiger partial charge in [-0.3, -0.25) is 9.59 Å². The lowest BCUT2D eigenvalue weighted by atomic mass is 10.2. The molecule has 8 nitrogen and oxygen atoms in total. The van der Waals surface area contributed by atoms with Gasteiger partial charge < -0.3 is 16.4 Å². The molecule has 0 radical (unpaired) electrons. The van der Waals surface area contributed by atoms with Crippen molar-refractivity contribution in [3.05, 3.63) is 59.9 Å². The van der Waals surface area contributed by atoms with E-state index in [1.54, 1.807) is 0 Å². The van der Waals surface area contributed by atoms with E-state index in [1.807, 2.05) is 5.32 Å². The molecule has 0 aliphatic rings. The van der Waals surface area contributed by atoms with Crippen molar-refractivity contribution in [1.82, 2.24) is 4.98 Å². The molecule has 0 fully saturated rings. The number of allylic oxidation sites excluding steroid dienone is 1. The molecule has 4 N–H and O–H groups in total. The van der Waals surface area contributed by atoms with Gasteiger partial charge in [-0.1, -0.05) is 6.07 Å². The monoisotopic (exact) mass is 428 g/mol. The molecule has 12 heteroatoms. The second-order valence-electron chi connectivity index (χ2n) is 5.77. The van der Waals surface area contributed by atoms with Gasteiger partial charge in [-0.15, -0.1) is 0 Å². The van der Waals surface area contributed by atoms with Gasteiger partial charge >= 0.3 is 6.18 Å². The van der Waals surface area contributed by atoms with Crippen molar-refractivity contribution in [2.45, 2.75) is 11.1 Å². The topological polar surface area (TPSA) is 131 Å². The SMILES string of the molecule is CS(=O)(=O)c1cccc(C(=O)Nc2ccc(N/C(=C\C(N)=O)C(F)(F)F)cn2)c1. The fraction of sp³-hybridized carbons (Fsp3) is 0.118. The van der Waals surface area contributed by atoms with Gasteiger partial charge in [-0.25, -0.2) is 13.4 Å². The van der Waals surface area contributed by atoms with Crippen LogP contribution in [0.2, 0.25) is 0 Å². The van der Waals surface area contributed by atoms with Crippen molar-refractivity contribution in [3.8, 4) is 0 Å². The van der Waals surface area contributed by atoms with E-state index in [0.717, 1.165) is 12.5 Å². The highest BCUT2D eigenvalue weighted by molar-refractivity contribution is 7.90. The second kappa shape index (κ2) is 8.31. The molecule has 0 aliphatic heterocycles. The molecular formula is C17H15F3N4O4S. The molecule has 0 saturated carbocycles. The third-order valence-electron chi connectivity index (χ3n) is 3.40. The van der Waals surface area contributed by atoms with E-state index >= 15 is 0 Å². The van der Waals surface area contributed by atoms with E-state index in [0.29, 0.717) is 0 Å². The summed E-state index contributed by atoms with van der Waals surface area (Å²) < 4.78 is 61.7. The number of hydrogen-bond donors (Lipinski definition) is 3. The number of benzene rings is 1. The smallest absolute Gasteiger partial charge is 0.366 e. The third-order valence-corrected chi connectivity index (χ3v) is 4.51. The quantitative estimate of drug-likeness (QED) is 0.604. The number of aromatic nitrogens is 1. The summed E-state index contributed by atoms with van der Waals surface area (Å²) in [5, 5.41) is 4.38. The summed E-state index contributed by atoms with van der Waals surface area (Å²) in [7, 11) is -3.50. The second-order valence-corrected chi connectivity index (χ2v) is 7.79. The normalized spacial score (nSPS) is 12.3. The number of nitrogens with zero attached hydrogens (tertiary/aromatic N) is 1. The van der Waals surface area contributed by atoms with E-state index in [4.69, 9.17) is 5.73 Å². The number of carbonyl (C=O) groups is 2. The molecule has 0 spiro atoms. The zero-order chi connectivity index (χ0) is 21.8. The van der Waals surface area contributed by atoms with Crippen molar-refractivity contribution < 1.29 is 31.2 Å². The lowest BCUT2D eigenvalue weighted by Crippen LogP contribution is -2.22. The van der Waals surface area contributed by atoms with E-state index in [2.05, 4.69) is 10.3 Å². The molecule has 0 atom stereocenters. The van der Waals surface area contributed by atoms with Gasteiger partial charge in [0.05, 0.1) is 16.8 Å². The van der Waals surface area contributed by atoms with Gasteiger partial charge in [-0.05, 0) is 30.3 Å². The summed E-state index contributed by atoms with van der Waals surface area (Å²) in [6.45, 7) is 0. The number of halogens is 3. The number of hydrogen-bond acceptors (Lipinski definition) is 6. The summed E-state index contributed by atoms with van der Waals surface area (Å²) in [6.07, 6.45) is -2.64. The predicted molar refractivity (Wildman–Crippen MR) is 98.7 cm³/mol. The lowest BCUT2D eigenvalue weighted by Gasteiger charge is -2.14. The number of nitrogens with one attached hydrogen (secondary N) is 2. The Balaban J connectivity index is 2.15. The maximum absolute atomic E-state index is 12.9. The Bertz CT molecular complexity index is 1060.